The number of hydrogen-bond acceptors (Lipinski definition) is 5. The lowest BCUT2D eigenvalue weighted by Gasteiger charge is -2.10. The number of ether oxygens (including phenoxy) is 2. The summed E-state index contributed by atoms with van der Waals surface area (Å²) < 4.78 is 15.0. The fraction of sp³-hybridized carbons (Fsp3) is 0.500. The second-order valence-electron chi connectivity index (χ2n) is 3.99. The smallest absolute Gasteiger partial charge is 0.373 e. The van der Waals surface area contributed by atoms with Crippen LogP contribution in [0.2, 0.25) is 0 Å². The number of rotatable bonds is 3. The van der Waals surface area contributed by atoms with Gasteiger partial charge in [0.2, 0.25) is 11.5 Å². The Hall–Kier alpha value is -1.62. The summed E-state index contributed by atoms with van der Waals surface area (Å²) in [5, 5.41) is 0. The highest BCUT2D eigenvalue weighted by Crippen LogP contribution is 2.25. The normalized spacial score (nSPS) is 23.6. The predicted molar refractivity (Wildman–Crippen MR) is 57.9 cm³/mol. The summed E-state index contributed by atoms with van der Waals surface area (Å²) in [4.78, 5) is 23.2. The standard InChI is InChI=1S/C12H14O5/c1-7-8(5-6-16-7)11(13)9-3-4-10(17-9)12(14)15-2/h3-4,7-8H,5-6H2,1-2H3. The van der Waals surface area contributed by atoms with E-state index in [0.717, 1.165) is 0 Å². The molecule has 1 fully saturated rings. The van der Waals surface area contributed by atoms with E-state index in [0.29, 0.717) is 13.0 Å². The summed E-state index contributed by atoms with van der Waals surface area (Å²) in [6.07, 6.45) is 0.586. The third-order valence-electron chi connectivity index (χ3n) is 2.95. The molecule has 92 valence electrons. The van der Waals surface area contributed by atoms with Crippen molar-refractivity contribution in [3.8, 4) is 0 Å². The van der Waals surface area contributed by atoms with Gasteiger partial charge in [-0.2, -0.15) is 0 Å². The Morgan fingerprint density at radius 2 is 2.06 bits per heavy atom. The van der Waals surface area contributed by atoms with E-state index in [9.17, 15) is 9.59 Å². The number of hydrogen-bond donors (Lipinski definition) is 0. The van der Waals surface area contributed by atoms with Gasteiger partial charge < -0.3 is 13.9 Å². The molecule has 0 radical (unpaired) electrons. The molecule has 0 bridgehead atoms. The molecule has 1 aliphatic heterocycles. The van der Waals surface area contributed by atoms with Crippen molar-refractivity contribution in [2.75, 3.05) is 13.7 Å². The lowest BCUT2D eigenvalue weighted by molar-refractivity contribution is 0.0561. The van der Waals surface area contributed by atoms with Crippen molar-refractivity contribution in [1.82, 2.24) is 0 Å². The van der Waals surface area contributed by atoms with E-state index in [1.807, 2.05) is 6.92 Å². The molecule has 2 rings (SSSR count). The van der Waals surface area contributed by atoms with E-state index in [1.54, 1.807) is 0 Å². The van der Waals surface area contributed by atoms with Gasteiger partial charge in [0.25, 0.3) is 0 Å². The van der Waals surface area contributed by atoms with Crippen LogP contribution in [0.3, 0.4) is 0 Å². The molecule has 0 saturated carbocycles. The third-order valence-corrected chi connectivity index (χ3v) is 2.95. The van der Waals surface area contributed by atoms with Crippen LogP contribution in [-0.2, 0) is 9.47 Å². The molecule has 0 spiro atoms. The highest BCUT2D eigenvalue weighted by Gasteiger charge is 2.33. The molecule has 0 aromatic carbocycles. The van der Waals surface area contributed by atoms with Gasteiger partial charge in [0.05, 0.1) is 19.1 Å². The van der Waals surface area contributed by atoms with E-state index in [-0.39, 0.29) is 29.3 Å². The van der Waals surface area contributed by atoms with Crippen molar-refractivity contribution in [3.63, 3.8) is 0 Å². The quantitative estimate of drug-likeness (QED) is 0.592. The first-order valence-electron chi connectivity index (χ1n) is 5.47. The van der Waals surface area contributed by atoms with Crippen molar-refractivity contribution in [2.24, 2.45) is 5.92 Å². The Bertz CT molecular complexity index is 434. The first-order chi connectivity index (χ1) is 8.13. The van der Waals surface area contributed by atoms with Gasteiger partial charge in [0.1, 0.15) is 0 Å². The lowest BCUT2D eigenvalue weighted by atomic mass is 9.96. The molecule has 1 aromatic rings. The van der Waals surface area contributed by atoms with Crippen molar-refractivity contribution in [3.05, 3.63) is 23.7 Å². The maximum Gasteiger partial charge on any atom is 0.373 e. The SMILES string of the molecule is COC(=O)c1ccc(C(=O)C2CCOC2C)o1. The first kappa shape index (κ1) is 11.9. The minimum absolute atomic E-state index is 0.0439. The fourth-order valence-electron chi connectivity index (χ4n) is 1.94. The summed E-state index contributed by atoms with van der Waals surface area (Å²) in [6, 6.07) is 2.94. The largest absolute Gasteiger partial charge is 0.463 e. The summed E-state index contributed by atoms with van der Waals surface area (Å²) in [5.41, 5.74) is 0. The van der Waals surface area contributed by atoms with Crippen LogP contribution < -0.4 is 0 Å². The predicted octanol–water partition coefficient (Wildman–Crippen LogP) is 1.67. The van der Waals surface area contributed by atoms with Crippen LogP contribution in [0.25, 0.3) is 0 Å². The molecule has 1 aliphatic rings. The van der Waals surface area contributed by atoms with Crippen LogP contribution in [0.5, 0.6) is 0 Å². The molecule has 0 amide bonds. The molecule has 5 nitrogen and oxygen atoms in total. The van der Waals surface area contributed by atoms with Gasteiger partial charge in [-0.25, -0.2) is 4.79 Å². The van der Waals surface area contributed by atoms with E-state index < -0.39 is 5.97 Å². The van der Waals surface area contributed by atoms with E-state index in [2.05, 4.69) is 4.74 Å². The van der Waals surface area contributed by atoms with Gasteiger partial charge in [0, 0.05) is 6.61 Å². The summed E-state index contributed by atoms with van der Waals surface area (Å²) >= 11 is 0. The second-order valence-corrected chi connectivity index (χ2v) is 3.99. The van der Waals surface area contributed by atoms with Crippen LogP contribution in [0.4, 0.5) is 0 Å². The second kappa shape index (κ2) is 4.71. The van der Waals surface area contributed by atoms with Gasteiger partial charge >= 0.3 is 5.97 Å². The first-order valence-corrected chi connectivity index (χ1v) is 5.47. The van der Waals surface area contributed by atoms with Crippen molar-refractivity contribution in [1.29, 1.82) is 0 Å². The zero-order valence-corrected chi connectivity index (χ0v) is 9.76. The maximum atomic E-state index is 12.1. The molecule has 0 aliphatic carbocycles. The number of Topliss-reactive ketones (excluding diaryl/α,β-unsaturated/α-hetero) is 1. The van der Waals surface area contributed by atoms with E-state index >= 15 is 0 Å². The topological polar surface area (TPSA) is 65.7 Å². The van der Waals surface area contributed by atoms with Crippen LogP contribution in [0.1, 0.15) is 34.5 Å². The maximum absolute atomic E-state index is 12.1. The average molecular weight is 238 g/mol. The molecule has 1 saturated heterocycles. The molecule has 5 heteroatoms. The van der Waals surface area contributed by atoms with E-state index in [1.165, 1.54) is 19.2 Å². The summed E-state index contributed by atoms with van der Waals surface area (Å²) in [7, 11) is 1.26. The van der Waals surface area contributed by atoms with Gasteiger partial charge in [-0.05, 0) is 25.5 Å². The number of furan rings is 1. The van der Waals surface area contributed by atoms with Gasteiger partial charge in [-0.15, -0.1) is 0 Å². The Kier molecular flexibility index (Phi) is 3.28. The zero-order valence-electron chi connectivity index (χ0n) is 9.76. The van der Waals surface area contributed by atoms with Crippen LogP contribution >= 0.6 is 0 Å². The lowest BCUT2D eigenvalue weighted by Crippen LogP contribution is -2.21. The number of methoxy groups -OCH3 is 1. The molecular formula is C12H14O5. The monoisotopic (exact) mass is 238 g/mol. The number of carbonyl (C=O) groups is 2. The molecule has 1 aromatic heterocycles. The minimum Gasteiger partial charge on any atom is -0.463 e. The number of ketones is 1. The number of esters is 1. The van der Waals surface area contributed by atoms with Crippen molar-refractivity contribution < 1.29 is 23.5 Å². The Balaban J connectivity index is 2.14. The average Bonchev–Trinajstić information content (AvgIpc) is 2.95. The molecular weight excluding hydrogens is 224 g/mol. The summed E-state index contributed by atoms with van der Waals surface area (Å²) in [6.45, 7) is 2.45. The molecule has 2 heterocycles. The van der Waals surface area contributed by atoms with Gasteiger partial charge in [-0.1, -0.05) is 0 Å². The summed E-state index contributed by atoms with van der Waals surface area (Å²) in [5.74, 6) is -0.660. The molecule has 17 heavy (non-hydrogen) atoms. The van der Waals surface area contributed by atoms with Crippen molar-refractivity contribution >= 4 is 11.8 Å². The molecule has 2 unspecified atom stereocenters. The molecule has 0 N–H and O–H groups in total. The van der Waals surface area contributed by atoms with Crippen LogP contribution in [-0.4, -0.2) is 31.6 Å². The molecule has 2 atom stereocenters. The Labute approximate surface area is 98.7 Å². The van der Waals surface area contributed by atoms with Crippen LogP contribution in [0, 0.1) is 5.92 Å². The van der Waals surface area contributed by atoms with E-state index in [4.69, 9.17) is 9.15 Å². The van der Waals surface area contributed by atoms with Gasteiger partial charge in [0.15, 0.2) is 5.76 Å². The number of carbonyl (C=O) groups excluding carboxylic acids is 2. The highest BCUT2D eigenvalue weighted by atomic mass is 16.5. The third kappa shape index (κ3) is 2.24. The van der Waals surface area contributed by atoms with Crippen molar-refractivity contribution in [2.45, 2.75) is 19.4 Å². The highest BCUT2D eigenvalue weighted by molar-refractivity contribution is 5.97. The van der Waals surface area contributed by atoms with Gasteiger partial charge in [-0.3, -0.25) is 4.79 Å². The van der Waals surface area contributed by atoms with Crippen LogP contribution in [0.15, 0.2) is 16.5 Å². The Morgan fingerprint density at radius 3 is 2.65 bits per heavy atom. The Morgan fingerprint density at radius 1 is 1.35 bits per heavy atom. The fourth-order valence-corrected chi connectivity index (χ4v) is 1.94. The minimum atomic E-state index is -0.584. The zero-order chi connectivity index (χ0) is 12.4.